The first-order valence-corrected chi connectivity index (χ1v) is 8.84. The minimum absolute atomic E-state index is 0.235. The average Bonchev–Trinajstić information content (AvgIpc) is 2.39. The summed E-state index contributed by atoms with van der Waals surface area (Å²) in [6.07, 6.45) is 10.5. The molecule has 1 N–H and O–H groups in total. The van der Waals surface area contributed by atoms with E-state index in [1.807, 2.05) is 0 Å². The third kappa shape index (κ3) is 3.98. The smallest absolute Gasteiger partial charge is 0.0685 e. The lowest BCUT2D eigenvalue weighted by Gasteiger charge is -2.48. The third-order valence-corrected chi connectivity index (χ3v) is 5.31. The Kier molecular flexibility index (Phi) is 5.53. The molecule has 20 heavy (non-hydrogen) atoms. The highest BCUT2D eigenvalue weighted by atomic mass is 16.5. The van der Waals surface area contributed by atoms with Crippen molar-refractivity contribution in [2.75, 3.05) is 13.2 Å². The van der Waals surface area contributed by atoms with E-state index in [-0.39, 0.29) is 5.60 Å². The Balaban J connectivity index is 2.04. The predicted octanol–water partition coefficient (Wildman–Crippen LogP) is 4.53. The van der Waals surface area contributed by atoms with Gasteiger partial charge in [-0.3, -0.25) is 0 Å². The van der Waals surface area contributed by atoms with Crippen molar-refractivity contribution in [3.05, 3.63) is 0 Å². The van der Waals surface area contributed by atoms with E-state index >= 15 is 0 Å². The quantitative estimate of drug-likeness (QED) is 0.817. The van der Waals surface area contributed by atoms with Crippen molar-refractivity contribution in [1.82, 2.24) is 5.32 Å². The molecule has 0 aromatic heterocycles. The molecule has 0 bridgehead atoms. The van der Waals surface area contributed by atoms with Gasteiger partial charge in [0.2, 0.25) is 0 Å². The van der Waals surface area contributed by atoms with Gasteiger partial charge in [-0.05, 0) is 50.0 Å². The Labute approximate surface area is 126 Å². The van der Waals surface area contributed by atoms with Crippen LogP contribution in [-0.4, -0.2) is 24.8 Å². The van der Waals surface area contributed by atoms with Crippen LogP contribution in [-0.2, 0) is 4.74 Å². The second kappa shape index (κ2) is 6.79. The zero-order valence-corrected chi connectivity index (χ0v) is 14.1. The first kappa shape index (κ1) is 16.3. The van der Waals surface area contributed by atoms with E-state index in [1.165, 1.54) is 51.4 Å². The highest BCUT2D eigenvalue weighted by Gasteiger charge is 2.43. The van der Waals surface area contributed by atoms with Gasteiger partial charge in [-0.25, -0.2) is 0 Å². The van der Waals surface area contributed by atoms with Gasteiger partial charge >= 0.3 is 0 Å². The van der Waals surface area contributed by atoms with E-state index in [4.69, 9.17) is 4.74 Å². The summed E-state index contributed by atoms with van der Waals surface area (Å²) < 4.78 is 6.28. The standard InChI is InChI=1S/C18H35NO/c1-5-12-19-16(17(2,3)4)15-9-13-20-18(14-15)10-7-6-8-11-18/h15-16,19H,5-14H2,1-4H3. The fourth-order valence-corrected chi connectivity index (χ4v) is 4.37. The fraction of sp³-hybridized carbons (Fsp3) is 1.00. The molecule has 118 valence electrons. The molecule has 0 aromatic rings. The second-order valence-electron chi connectivity index (χ2n) is 8.14. The summed E-state index contributed by atoms with van der Waals surface area (Å²) >= 11 is 0. The molecule has 2 nitrogen and oxygen atoms in total. The molecule has 1 spiro atoms. The summed E-state index contributed by atoms with van der Waals surface area (Å²) in [6, 6.07) is 0.630. The molecule has 2 atom stereocenters. The molecule has 2 aliphatic rings. The van der Waals surface area contributed by atoms with Crippen LogP contribution in [0.25, 0.3) is 0 Å². The molecule has 0 radical (unpaired) electrons. The van der Waals surface area contributed by atoms with Crippen LogP contribution in [0.3, 0.4) is 0 Å². The minimum Gasteiger partial charge on any atom is -0.375 e. The van der Waals surface area contributed by atoms with Crippen LogP contribution in [0.5, 0.6) is 0 Å². The van der Waals surface area contributed by atoms with Crippen molar-refractivity contribution in [1.29, 1.82) is 0 Å². The molecule has 0 aromatic carbocycles. The van der Waals surface area contributed by atoms with Crippen molar-refractivity contribution >= 4 is 0 Å². The number of hydrogen-bond acceptors (Lipinski definition) is 2. The summed E-state index contributed by atoms with van der Waals surface area (Å²) in [5, 5.41) is 3.85. The van der Waals surface area contributed by atoms with E-state index in [0.29, 0.717) is 11.5 Å². The molecule has 2 heteroatoms. The maximum absolute atomic E-state index is 6.28. The van der Waals surface area contributed by atoms with Gasteiger partial charge in [0, 0.05) is 12.6 Å². The molecule has 1 aliphatic heterocycles. The van der Waals surface area contributed by atoms with Crippen molar-refractivity contribution in [3.8, 4) is 0 Å². The van der Waals surface area contributed by atoms with Gasteiger partial charge in [-0.1, -0.05) is 47.0 Å². The fourth-order valence-electron chi connectivity index (χ4n) is 4.37. The maximum Gasteiger partial charge on any atom is 0.0685 e. The van der Waals surface area contributed by atoms with E-state index in [0.717, 1.165) is 19.1 Å². The third-order valence-electron chi connectivity index (χ3n) is 5.31. The van der Waals surface area contributed by atoms with Crippen molar-refractivity contribution in [2.45, 2.75) is 90.7 Å². The van der Waals surface area contributed by atoms with Crippen molar-refractivity contribution < 1.29 is 4.74 Å². The van der Waals surface area contributed by atoms with Gasteiger partial charge in [0.25, 0.3) is 0 Å². The number of ether oxygens (including phenoxy) is 1. The first-order valence-electron chi connectivity index (χ1n) is 8.84. The summed E-state index contributed by atoms with van der Waals surface area (Å²) in [4.78, 5) is 0. The van der Waals surface area contributed by atoms with Crippen LogP contribution < -0.4 is 5.32 Å². The van der Waals surface area contributed by atoms with Gasteiger partial charge in [0.05, 0.1) is 5.60 Å². The normalized spacial score (nSPS) is 28.5. The molecular formula is C18H35NO. The molecule has 2 fully saturated rings. The number of nitrogens with one attached hydrogen (secondary N) is 1. The van der Waals surface area contributed by atoms with Crippen LogP contribution in [0.4, 0.5) is 0 Å². The Bertz CT molecular complexity index is 283. The monoisotopic (exact) mass is 281 g/mol. The van der Waals surface area contributed by atoms with Crippen LogP contribution in [0.2, 0.25) is 0 Å². The SMILES string of the molecule is CCCNC(C1CCOC2(CCCCC2)C1)C(C)(C)C. The van der Waals surface area contributed by atoms with Gasteiger partial charge in [0.1, 0.15) is 0 Å². The van der Waals surface area contributed by atoms with Crippen LogP contribution in [0, 0.1) is 11.3 Å². The van der Waals surface area contributed by atoms with Gasteiger partial charge in [0.15, 0.2) is 0 Å². The summed E-state index contributed by atoms with van der Waals surface area (Å²) in [5.74, 6) is 0.786. The number of rotatable bonds is 4. The van der Waals surface area contributed by atoms with Crippen LogP contribution in [0.15, 0.2) is 0 Å². The Hall–Kier alpha value is -0.0800. The van der Waals surface area contributed by atoms with E-state index in [9.17, 15) is 0 Å². The lowest BCUT2D eigenvalue weighted by Crippen LogP contribution is -2.52. The van der Waals surface area contributed by atoms with Crippen LogP contribution in [0.1, 0.15) is 79.1 Å². The zero-order chi connectivity index (χ0) is 14.6. The summed E-state index contributed by atoms with van der Waals surface area (Å²) in [6.45, 7) is 11.6. The molecule has 1 saturated carbocycles. The molecule has 2 unspecified atom stereocenters. The topological polar surface area (TPSA) is 21.3 Å². The highest BCUT2D eigenvalue weighted by molar-refractivity contribution is 4.96. The molecular weight excluding hydrogens is 246 g/mol. The Morgan fingerprint density at radius 3 is 2.50 bits per heavy atom. The lowest BCUT2D eigenvalue weighted by molar-refractivity contribution is -0.126. The lowest BCUT2D eigenvalue weighted by atomic mass is 9.69. The van der Waals surface area contributed by atoms with E-state index < -0.39 is 0 Å². The van der Waals surface area contributed by atoms with E-state index in [1.54, 1.807) is 0 Å². The number of hydrogen-bond donors (Lipinski definition) is 1. The van der Waals surface area contributed by atoms with Gasteiger partial charge in [-0.15, -0.1) is 0 Å². The van der Waals surface area contributed by atoms with E-state index in [2.05, 4.69) is 33.0 Å². The van der Waals surface area contributed by atoms with Crippen LogP contribution >= 0.6 is 0 Å². The molecule has 2 rings (SSSR count). The largest absolute Gasteiger partial charge is 0.375 e. The Morgan fingerprint density at radius 1 is 1.20 bits per heavy atom. The van der Waals surface area contributed by atoms with Gasteiger partial charge < -0.3 is 10.1 Å². The average molecular weight is 281 g/mol. The minimum atomic E-state index is 0.235. The Morgan fingerprint density at radius 2 is 1.90 bits per heavy atom. The molecule has 1 saturated heterocycles. The summed E-state index contributed by atoms with van der Waals surface area (Å²) in [7, 11) is 0. The highest BCUT2D eigenvalue weighted by Crippen LogP contribution is 2.43. The van der Waals surface area contributed by atoms with Gasteiger partial charge in [-0.2, -0.15) is 0 Å². The second-order valence-corrected chi connectivity index (χ2v) is 8.14. The molecule has 0 amide bonds. The van der Waals surface area contributed by atoms with Crippen molar-refractivity contribution in [2.24, 2.45) is 11.3 Å². The zero-order valence-electron chi connectivity index (χ0n) is 14.1. The molecule has 1 aliphatic carbocycles. The maximum atomic E-state index is 6.28. The predicted molar refractivity (Wildman–Crippen MR) is 86.0 cm³/mol. The first-order chi connectivity index (χ1) is 9.47. The summed E-state index contributed by atoms with van der Waals surface area (Å²) in [5.41, 5.74) is 0.575. The molecule has 1 heterocycles. The van der Waals surface area contributed by atoms with Crippen molar-refractivity contribution in [3.63, 3.8) is 0 Å².